The number of fused-ring (bicyclic) bond motifs is 1. The van der Waals surface area contributed by atoms with Crippen molar-refractivity contribution in [3.63, 3.8) is 0 Å². The first-order valence-corrected chi connectivity index (χ1v) is 8.58. The van der Waals surface area contributed by atoms with E-state index in [0.29, 0.717) is 0 Å². The number of nitrogens with zero attached hydrogens (tertiary/aromatic N) is 5. The van der Waals surface area contributed by atoms with E-state index < -0.39 is 22.7 Å². The van der Waals surface area contributed by atoms with Gasteiger partial charge in [-0.3, -0.25) is 28.1 Å². The molecule has 2 rings (SSSR count). The molecule has 0 radical (unpaired) electrons. The highest BCUT2D eigenvalue weighted by molar-refractivity contribution is 6.29. The molecule has 0 aliphatic heterocycles. The van der Waals surface area contributed by atoms with Crippen LogP contribution in [0.1, 0.15) is 20.8 Å². The number of carbonyl (C=O) groups is 2. The molecule has 0 unspecified atom stereocenters. The lowest BCUT2D eigenvalue weighted by molar-refractivity contribution is -0.135. The number of hydrogen-bond acceptors (Lipinski definition) is 5. The molecule has 11 heteroatoms. The van der Waals surface area contributed by atoms with Crippen molar-refractivity contribution in [2.75, 3.05) is 13.6 Å². The van der Waals surface area contributed by atoms with Gasteiger partial charge in [-0.25, -0.2) is 4.79 Å². The fraction of sp³-hybridized carbons (Fsp3) is 0.562. The zero-order valence-electron chi connectivity index (χ0n) is 16.2. The van der Waals surface area contributed by atoms with E-state index in [0.717, 1.165) is 4.57 Å². The number of halogens is 1. The van der Waals surface area contributed by atoms with Gasteiger partial charge in [0.1, 0.15) is 6.54 Å². The van der Waals surface area contributed by atoms with E-state index in [2.05, 4.69) is 10.3 Å². The summed E-state index contributed by atoms with van der Waals surface area (Å²) < 4.78 is 3.34. The third-order valence-electron chi connectivity index (χ3n) is 3.92. The normalized spacial score (nSPS) is 11.7. The van der Waals surface area contributed by atoms with Crippen LogP contribution in [0.3, 0.4) is 0 Å². The summed E-state index contributed by atoms with van der Waals surface area (Å²) in [4.78, 5) is 54.2. The molecular weight excluding hydrogens is 376 g/mol. The van der Waals surface area contributed by atoms with Crippen LogP contribution in [0.4, 0.5) is 0 Å². The van der Waals surface area contributed by atoms with Crippen LogP contribution in [0.15, 0.2) is 9.59 Å². The summed E-state index contributed by atoms with van der Waals surface area (Å²) in [5.41, 5.74) is -1.42. The number of carbonyl (C=O) groups excluding carboxylic acids is 2. The van der Waals surface area contributed by atoms with Crippen LogP contribution in [-0.2, 0) is 30.2 Å². The Morgan fingerprint density at radius 3 is 2.33 bits per heavy atom. The Bertz CT molecular complexity index is 1030. The van der Waals surface area contributed by atoms with E-state index in [4.69, 9.17) is 11.6 Å². The van der Waals surface area contributed by atoms with Gasteiger partial charge in [0, 0.05) is 26.7 Å². The second kappa shape index (κ2) is 7.18. The molecule has 0 fully saturated rings. The highest BCUT2D eigenvalue weighted by atomic mass is 35.5. The molecule has 0 aromatic carbocycles. The van der Waals surface area contributed by atoms with Crippen molar-refractivity contribution in [3.8, 4) is 0 Å². The minimum atomic E-state index is -0.603. The number of likely N-dealkylation sites (N-methyl/N-ethyl adjacent to an activating group) is 1. The lowest BCUT2D eigenvalue weighted by Gasteiger charge is -2.23. The molecule has 0 aliphatic carbocycles. The van der Waals surface area contributed by atoms with Gasteiger partial charge in [-0.05, 0) is 32.4 Å². The first kappa shape index (κ1) is 20.7. The average molecular weight is 399 g/mol. The van der Waals surface area contributed by atoms with E-state index >= 15 is 0 Å². The average Bonchev–Trinajstić information content (AvgIpc) is 2.85. The molecular formula is C16H23ClN6O4. The van der Waals surface area contributed by atoms with Gasteiger partial charge in [-0.2, -0.15) is 4.98 Å². The topological polar surface area (TPSA) is 111 Å². The molecule has 0 spiro atoms. The number of amides is 2. The monoisotopic (exact) mass is 398 g/mol. The van der Waals surface area contributed by atoms with Crippen LogP contribution < -0.4 is 16.6 Å². The van der Waals surface area contributed by atoms with Crippen LogP contribution in [0, 0.1) is 0 Å². The molecule has 0 atom stereocenters. The number of aryl methyl sites for hydroxylation is 1. The molecule has 2 amide bonds. The molecule has 0 bridgehead atoms. The van der Waals surface area contributed by atoms with Gasteiger partial charge in [0.05, 0.1) is 6.54 Å². The lowest BCUT2D eigenvalue weighted by Crippen LogP contribution is -2.46. The van der Waals surface area contributed by atoms with E-state index in [1.54, 1.807) is 0 Å². The molecule has 27 heavy (non-hydrogen) atoms. The summed E-state index contributed by atoms with van der Waals surface area (Å²) in [5, 5.41) is 2.67. The quantitative estimate of drug-likeness (QED) is 0.695. The van der Waals surface area contributed by atoms with Crippen LogP contribution >= 0.6 is 11.6 Å². The summed E-state index contributed by atoms with van der Waals surface area (Å²) in [6, 6.07) is 0. The van der Waals surface area contributed by atoms with E-state index in [1.807, 2.05) is 20.8 Å². The smallest absolute Gasteiger partial charge is 0.332 e. The molecule has 1 N–H and O–H groups in total. The predicted molar refractivity (Wildman–Crippen MR) is 101 cm³/mol. The Balaban J connectivity index is 2.32. The maximum absolute atomic E-state index is 12.5. The largest absolute Gasteiger partial charge is 0.350 e. The molecule has 148 valence electrons. The second-order valence-electron chi connectivity index (χ2n) is 7.39. The Kier molecular flexibility index (Phi) is 5.50. The molecule has 2 heterocycles. The molecule has 2 aromatic rings. The summed E-state index contributed by atoms with van der Waals surface area (Å²) in [5.74, 6) is -0.741. The van der Waals surface area contributed by atoms with Crippen molar-refractivity contribution in [1.82, 2.24) is 28.9 Å². The maximum Gasteiger partial charge on any atom is 0.332 e. The lowest BCUT2D eigenvalue weighted by atomic mass is 10.1. The van der Waals surface area contributed by atoms with Crippen LogP contribution in [0.5, 0.6) is 0 Å². The summed E-state index contributed by atoms with van der Waals surface area (Å²) in [7, 11) is 4.27. The Morgan fingerprint density at radius 2 is 1.78 bits per heavy atom. The molecule has 2 aromatic heterocycles. The first-order valence-electron chi connectivity index (χ1n) is 8.20. The zero-order chi connectivity index (χ0) is 20.7. The molecule has 0 saturated heterocycles. The van der Waals surface area contributed by atoms with Crippen molar-refractivity contribution in [2.24, 2.45) is 14.1 Å². The number of rotatable bonds is 4. The number of hydrogen-bond donors (Lipinski definition) is 1. The summed E-state index contributed by atoms with van der Waals surface area (Å²) >= 11 is 6.10. The van der Waals surface area contributed by atoms with Crippen molar-refractivity contribution in [2.45, 2.75) is 32.9 Å². The standard InChI is InChI=1S/C16H23ClN6O4/c1-16(2,3)19-9(24)7-20(4)10(25)8-23-11-12(18-14(23)17)21(5)15(27)22(6)13(11)26/h7-8H2,1-6H3,(H,19,24). The van der Waals surface area contributed by atoms with Crippen LogP contribution in [0.25, 0.3) is 11.2 Å². The fourth-order valence-electron chi connectivity index (χ4n) is 2.58. The highest BCUT2D eigenvalue weighted by Gasteiger charge is 2.22. The minimum Gasteiger partial charge on any atom is -0.350 e. The van der Waals surface area contributed by atoms with Crippen molar-refractivity contribution < 1.29 is 9.59 Å². The zero-order valence-corrected chi connectivity index (χ0v) is 16.9. The Labute approximate surface area is 160 Å². The van der Waals surface area contributed by atoms with E-state index in [1.165, 1.54) is 35.2 Å². The molecule has 10 nitrogen and oxygen atoms in total. The van der Waals surface area contributed by atoms with E-state index in [-0.39, 0.29) is 35.4 Å². The summed E-state index contributed by atoms with van der Waals surface area (Å²) in [6.45, 7) is 5.08. The van der Waals surface area contributed by atoms with E-state index in [9.17, 15) is 19.2 Å². The number of aromatic nitrogens is 4. The first-order chi connectivity index (χ1) is 12.3. The summed E-state index contributed by atoms with van der Waals surface area (Å²) in [6.07, 6.45) is 0. The fourth-order valence-corrected chi connectivity index (χ4v) is 2.81. The second-order valence-corrected chi connectivity index (χ2v) is 7.73. The maximum atomic E-state index is 12.5. The van der Waals surface area contributed by atoms with Gasteiger partial charge < -0.3 is 10.2 Å². The van der Waals surface area contributed by atoms with Gasteiger partial charge in [-0.1, -0.05) is 0 Å². The minimum absolute atomic E-state index is 0.0468. The van der Waals surface area contributed by atoms with Crippen molar-refractivity contribution >= 4 is 34.6 Å². The van der Waals surface area contributed by atoms with Gasteiger partial charge in [0.25, 0.3) is 5.56 Å². The number of imidazole rings is 1. The van der Waals surface area contributed by atoms with Crippen molar-refractivity contribution in [1.29, 1.82) is 0 Å². The molecule has 0 saturated carbocycles. The van der Waals surface area contributed by atoms with Crippen LogP contribution in [0.2, 0.25) is 5.28 Å². The molecule has 0 aliphatic rings. The predicted octanol–water partition coefficient (Wildman–Crippen LogP) is -0.540. The van der Waals surface area contributed by atoms with Crippen LogP contribution in [-0.4, -0.2) is 54.5 Å². The Morgan fingerprint density at radius 1 is 1.19 bits per heavy atom. The Hall–Kier alpha value is -2.62. The van der Waals surface area contributed by atoms with Gasteiger partial charge in [-0.15, -0.1) is 0 Å². The third kappa shape index (κ3) is 4.21. The number of nitrogens with one attached hydrogen (secondary N) is 1. The SMILES string of the molecule is CN(CC(=O)NC(C)(C)C)C(=O)Cn1c(Cl)nc2c1c(=O)n(C)c(=O)n2C. The van der Waals surface area contributed by atoms with Gasteiger partial charge in [0.15, 0.2) is 11.2 Å². The highest BCUT2D eigenvalue weighted by Crippen LogP contribution is 2.15. The van der Waals surface area contributed by atoms with Crippen molar-refractivity contribution in [3.05, 3.63) is 26.1 Å². The third-order valence-corrected chi connectivity index (χ3v) is 4.20. The van der Waals surface area contributed by atoms with Gasteiger partial charge >= 0.3 is 5.69 Å². The van der Waals surface area contributed by atoms with Gasteiger partial charge in [0.2, 0.25) is 17.1 Å².